The second-order valence-electron chi connectivity index (χ2n) is 6.48. The van der Waals surface area contributed by atoms with Crippen LogP contribution in [0.4, 0.5) is 0 Å². The molecule has 140 valence electrons. The zero-order valence-corrected chi connectivity index (χ0v) is 16.6. The van der Waals surface area contributed by atoms with Crippen LogP contribution in [0.25, 0.3) is 22.3 Å². The molecule has 0 aliphatic heterocycles. The minimum absolute atomic E-state index is 0.151. The molecular weight excluding hydrogens is 395 g/mol. The molecule has 0 aliphatic carbocycles. The topological polar surface area (TPSA) is 39.4 Å². The molecule has 0 unspecified atom stereocenters. The quantitative estimate of drug-likeness (QED) is 0.377. The maximum Gasteiger partial charge on any atom is 0.235 e. The molecule has 0 atom stereocenters. The Morgan fingerprint density at radius 1 is 0.964 bits per heavy atom. The SMILES string of the molecule is Cc1ccc2c(=O)c(OCc3ccccc3Cl)c(-c3ccc(Cl)cc3)oc2c1. The monoisotopic (exact) mass is 410 g/mol. The number of rotatable bonds is 4. The molecule has 0 amide bonds. The van der Waals surface area contributed by atoms with Crippen molar-refractivity contribution in [2.75, 3.05) is 0 Å². The van der Waals surface area contributed by atoms with Gasteiger partial charge in [0.15, 0.2) is 5.76 Å². The van der Waals surface area contributed by atoms with Gasteiger partial charge in [-0.1, -0.05) is 47.5 Å². The highest BCUT2D eigenvalue weighted by Crippen LogP contribution is 2.32. The van der Waals surface area contributed by atoms with Crippen molar-refractivity contribution in [2.45, 2.75) is 13.5 Å². The van der Waals surface area contributed by atoms with Crippen molar-refractivity contribution in [1.29, 1.82) is 0 Å². The van der Waals surface area contributed by atoms with Crippen molar-refractivity contribution in [3.8, 4) is 17.1 Å². The van der Waals surface area contributed by atoms with Crippen molar-refractivity contribution >= 4 is 34.2 Å². The lowest BCUT2D eigenvalue weighted by molar-refractivity contribution is 0.298. The Morgan fingerprint density at radius 2 is 1.71 bits per heavy atom. The van der Waals surface area contributed by atoms with Crippen molar-refractivity contribution in [1.82, 2.24) is 0 Å². The molecule has 4 aromatic rings. The molecule has 0 radical (unpaired) electrons. The lowest BCUT2D eigenvalue weighted by atomic mass is 10.1. The van der Waals surface area contributed by atoms with E-state index in [4.69, 9.17) is 32.4 Å². The summed E-state index contributed by atoms with van der Waals surface area (Å²) in [6, 6.07) is 19.9. The first-order valence-corrected chi connectivity index (χ1v) is 9.48. The second-order valence-corrected chi connectivity index (χ2v) is 7.32. The Balaban J connectivity index is 1.87. The van der Waals surface area contributed by atoms with E-state index in [-0.39, 0.29) is 17.8 Å². The molecule has 3 nitrogen and oxygen atoms in total. The third-order valence-corrected chi connectivity index (χ3v) is 5.06. The van der Waals surface area contributed by atoms with Gasteiger partial charge in [0.25, 0.3) is 0 Å². The van der Waals surface area contributed by atoms with Crippen LogP contribution in [0.1, 0.15) is 11.1 Å². The molecule has 5 heteroatoms. The van der Waals surface area contributed by atoms with Gasteiger partial charge in [0.2, 0.25) is 11.2 Å². The number of benzene rings is 3. The summed E-state index contributed by atoms with van der Waals surface area (Å²) in [7, 11) is 0. The van der Waals surface area contributed by atoms with Crippen LogP contribution < -0.4 is 10.2 Å². The average molecular weight is 411 g/mol. The van der Waals surface area contributed by atoms with E-state index in [2.05, 4.69) is 0 Å². The number of aryl methyl sites for hydroxylation is 1. The predicted octanol–water partition coefficient (Wildman–Crippen LogP) is 6.65. The van der Waals surface area contributed by atoms with Crippen molar-refractivity contribution in [3.05, 3.63) is 98.1 Å². The van der Waals surface area contributed by atoms with Gasteiger partial charge in [-0.3, -0.25) is 4.79 Å². The van der Waals surface area contributed by atoms with Gasteiger partial charge in [-0.25, -0.2) is 0 Å². The molecule has 0 spiro atoms. The number of halogens is 2. The lowest BCUT2D eigenvalue weighted by Gasteiger charge is -2.13. The molecule has 3 aromatic carbocycles. The van der Waals surface area contributed by atoms with E-state index < -0.39 is 0 Å². The van der Waals surface area contributed by atoms with Gasteiger partial charge in [-0.05, 0) is 55.0 Å². The van der Waals surface area contributed by atoms with E-state index in [1.165, 1.54) is 0 Å². The summed E-state index contributed by atoms with van der Waals surface area (Å²) in [4.78, 5) is 13.2. The Morgan fingerprint density at radius 3 is 2.46 bits per heavy atom. The summed E-state index contributed by atoms with van der Waals surface area (Å²) in [5, 5.41) is 1.65. The van der Waals surface area contributed by atoms with E-state index in [1.54, 1.807) is 36.4 Å². The largest absolute Gasteiger partial charge is 0.481 e. The summed E-state index contributed by atoms with van der Waals surface area (Å²) in [6.07, 6.45) is 0. The van der Waals surface area contributed by atoms with Crippen LogP contribution in [-0.4, -0.2) is 0 Å². The predicted molar refractivity (Wildman–Crippen MR) is 113 cm³/mol. The normalized spacial score (nSPS) is 11.0. The van der Waals surface area contributed by atoms with Crippen molar-refractivity contribution in [2.24, 2.45) is 0 Å². The van der Waals surface area contributed by atoms with Gasteiger partial charge in [-0.15, -0.1) is 0 Å². The Bertz CT molecular complexity index is 1210. The third-order valence-electron chi connectivity index (χ3n) is 4.44. The number of hydrogen-bond acceptors (Lipinski definition) is 3. The third kappa shape index (κ3) is 3.64. The van der Waals surface area contributed by atoms with Crippen LogP contribution in [0.2, 0.25) is 10.0 Å². The van der Waals surface area contributed by atoms with Crippen LogP contribution in [0.15, 0.2) is 75.9 Å². The standard InChI is InChI=1S/C23H16Cl2O3/c1-14-6-11-18-20(12-14)28-22(15-7-9-17(24)10-8-15)23(21(18)26)27-13-16-4-2-3-5-19(16)25/h2-12H,13H2,1H3. The van der Waals surface area contributed by atoms with Crippen LogP contribution in [0.5, 0.6) is 5.75 Å². The fourth-order valence-corrected chi connectivity index (χ4v) is 3.29. The van der Waals surface area contributed by atoms with Gasteiger partial charge < -0.3 is 9.15 Å². The molecule has 0 aliphatic rings. The second kappa shape index (κ2) is 7.70. The first-order valence-electron chi connectivity index (χ1n) is 8.72. The van der Waals surface area contributed by atoms with Crippen LogP contribution >= 0.6 is 23.2 Å². The highest BCUT2D eigenvalue weighted by molar-refractivity contribution is 6.31. The molecule has 0 bridgehead atoms. The lowest BCUT2D eigenvalue weighted by Crippen LogP contribution is -2.10. The highest BCUT2D eigenvalue weighted by atomic mass is 35.5. The minimum Gasteiger partial charge on any atom is -0.481 e. The highest BCUT2D eigenvalue weighted by Gasteiger charge is 2.18. The summed E-state index contributed by atoms with van der Waals surface area (Å²) >= 11 is 12.2. The molecule has 0 saturated heterocycles. The smallest absolute Gasteiger partial charge is 0.235 e. The Labute approximate surface area is 172 Å². The van der Waals surface area contributed by atoms with Gasteiger partial charge >= 0.3 is 0 Å². The Hall–Kier alpha value is -2.75. The summed E-state index contributed by atoms with van der Waals surface area (Å²) < 4.78 is 12.0. The first kappa shape index (κ1) is 18.6. The van der Waals surface area contributed by atoms with E-state index in [0.717, 1.165) is 11.1 Å². The molecule has 1 heterocycles. The van der Waals surface area contributed by atoms with E-state index in [9.17, 15) is 4.79 Å². The molecule has 1 aromatic heterocycles. The van der Waals surface area contributed by atoms with Gasteiger partial charge in [0.05, 0.1) is 5.39 Å². The molecule has 0 N–H and O–H groups in total. The number of hydrogen-bond donors (Lipinski definition) is 0. The number of ether oxygens (including phenoxy) is 1. The van der Waals surface area contributed by atoms with Gasteiger partial charge in [0, 0.05) is 21.2 Å². The molecule has 28 heavy (non-hydrogen) atoms. The van der Waals surface area contributed by atoms with Gasteiger partial charge in [-0.2, -0.15) is 0 Å². The molecule has 0 fully saturated rings. The number of fused-ring (bicyclic) bond motifs is 1. The van der Waals surface area contributed by atoms with Crippen molar-refractivity contribution in [3.63, 3.8) is 0 Å². The Kier molecular flexibility index (Phi) is 5.12. The van der Waals surface area contributed by atoms with Crippen LogP contribution in [0.3, 0.4) is 0 Å². The van der Waals surface area contributed by atoms with Gasteiger partial charge in [0.1, 0.15) is 12.2 Å². The zero-order valence-electron chi connectivity index (χ0n) is 15.0. The summed E-state index contributed by atoms with van der Waals surface area (Å²) in [6.45, 7) is 2.10. The maximum atomic E-state index is 13.2. The average Bonchev–Trinajstić information content (AvgIpc) is 2.69. The zero-order chi connectivity index (χ0) is 19.7. The minimum atomic E-state index is -0.224. The molecule has 0 saturated carbocycles. The fraction of sp³-hybridized carbons (Fsp3) is 0.0870. The van der Waals surface area contributed by atoms with E-state index in [1.807, 2.05) is 37.3 Å². The van der Waals surface area contributed by atoms with E-state index >= 15 is 0 Å². The molecule has 4 rings (SSSR count). The summed E-state index contributed by atoms with van der Waals surface area (Å²) in [5.41, 5.74) is 2.79. The first-order chi connectivity index (χ1) is 13.5. The van der Waals surface area contributed by atoms with E-state index in [0.29, 0.717) is 32.3 Å². The fourth-order valence-electron chi connectivity index (χ4n) is 2.97. The maximum absolute atomic E-state index is 13.2. The van der Waals surface area contributed by atoms with Crippen LogP contribution in [0, 0.1) is 6.92 Å². The van der Waals surface area contributed by atoms with Crippen molar-refractivity contribution < 1.29 is 9.15 Å². The van der Waals surface area contributed by atoms with Crippen LogP contribution in [-0.2, 0) is 6.61 Å². The summed E-state index contributed by atoms with van der Waals surface area (Å²) in [5.74, 6) is 0.519. The molecular formula is C23H16Cl2O3.